The average molecular weight is 161 g/mol. The summed E-state index contributed by atoms with van der Waals surface area (Å²) in [4.78, 5) is 10.3. The zero-order valence-electron chi connectivity index (χ0n) is 6.57. The van der Waals surface area contributed by atoms with Gasteiger partial charge in [0.25, 0.3) is 0 Å². The van der Waals surface area contributed by atoms with Gasteiger partial charge in [-0.25, -0.2) is 0 Å². The number of nitrogens with zero attached hydrogens (tertiary/aromatic N) is 1. The molecule has 0 N–H and O–H groups in total. The predicted molar refractivity (Wildman–Crippen MR) is 43.1 cm³/mol. The van der Waals surface area contributed by atoms with Crippen LogP contribution in [0.25, 0.3) is 0 Å². The van der Waals surface area contributed by atoms with Crippen LogP contribution in [0, 0.1) is 11.3 Å². The van der Waals surface area contributed by atoms with Crippen molar-refractivity contribution in [1.29, 1.82) is 5.26 Å². The molecule has 0 saturated carbocycles. The number of benzene rings is 1. The van der Waals surface area contributed by atoms with Gasteiger partial charge >= 0.3 is 0 Å². The number of hydrogen-bond acceptors (Lipinski definition) is 3. The van der Waals surface area contributed by atoms with Crippen LogP contribution in [0.15, 0.2) is 18.2 Å². The number of ether oxygens (including phenoxy) is 1. The smallest absolute Gasteiger partial charge is 0.150 e. The van der Waals surface area contributed by atoms with Crippen LogP contribution in [-0.2, 0) is 0 Å². The molecule has 12 heavy (non-hydrogen) atoms. The van der Waals surface area contributed by atoms with Gasteiger partial charge in [-0.15, -0.1) is 0 Å². The van der Waals surface area contributed by atoms with Gasteiger partial charge in [-0.2, -0.15) is 5.26 Å². The molecule has 3 heteroatoms. The Labute approximate surface area is 70.2 Å². The molecule has 60 valence electrons. The van der Waals surface area contributed by atoms with E-state index in [1.807, 2.05) is 6.07 Å². The summed E-state index contributed by atoms with van der Waals surface area (Å²) in [6.45, 7) is 0. The fraction of sp³-hybridized carbons (Fsp3) is 0.111. The summed E-state index contributed by atoms with van der Waals surface area (Å²) in [5.74, 6) is 0.489. The highest BCUT2D eigenvalue weighted by atomic mass is 16.5. The molecule has 0 heterocycles. The molecule has 0 amide bonds. The Morgan fingerprint density at radius 1 is 1.58 bits per heavy atom. The molecule has 0 radical (unpaired) electrons. The Morgan fingerprint density at radius 2 is 2.33 bits per heavy atom. The number of methoxy groups -OCH3 is 1. The fourth-order valence-corrected chi connectivity index (χ4v) is 0.886. The first-order valence-corrected chi connectivity index (χ1v) is 3.35. The van der Waals surface area contributed by atoms with E-state index in [1.165, 1.54) is 13.2 Å². The highest BCUT2D eigenvalue weighted by Crippen LogP contribution is 2.17. The third kappa shape index (κ3) is 1.43. The van der Waals surface area contributed by atoms with Gasteiger partial charge in [-0.1, -0.05) is 0 Å². The normalized spacial score (nSPS) is 8.67. The lowest BCUT2D eigenvalue weighted by molar-refractivity contribution is 0.112. The predicted octanol–water partition coefficient (Wildman–Crippen LogP) is 1.38. The quantitative estimate of drug-likeness (QED) is 0.615. The third-order valence-electron chi connectivity index (χ3n) is 1.48. The maximum Gasteiger partial charge on any atom is 0.150 e. The molecule has 0 aliphatic heterocycles. The second kappa shape index (κ2) is 3.54. The Morgan fingerprint density at radius 3 is 2.83 bits per heavy atom. The van der Waals surface area contributed by atoms with Crippen LogP contribution in [0.3, 0.4) is 0 Å². The highest BCUT2D eigenvalue weighted by Gasteiger charge is 2.01. The van der Waals surface area contributed by atoms with Gasteiger partial charge in [0.15, 0.2) is 0 Å². The summed E-state index contributed by atoms with van der Waals surface area (Å²) < 4.78 is 4.90. The number of aldehydes is 1. The Hall–Kier alpha value is -1.82. The van der Waals surface area contributed by atoms with E-state index < -0.39 is 0 Å². The minimum absolute atomic E-state index is 0.377. The van der Waals surface area contributed by atoms with Crippen molar-refractivity contribution in [2.24, 2.45) is 0 Å². The molecule has 3 nitrogen and oxygen atoms in total. The molecule has 0 aliphatic rings. The topological polar surface area (TPSA) is 50.1 Å². The number of hydrogen-bond donors (Lipinski definition) is 0. The SMILES string of the molecule is COc1ccc(C=O)cc1C#N. The van der Waals surface area contributed by atoms with Crippen molar-refractivity contribution in [3.8, 4) is 11.8 Å². The molecular formula is C9H7NO2. The van der Waals surface area contributed by atoms with E-state index in [2.05, 4.69) is 0 Å². The molecule has 0 saturated heterocycles. The van der Waals surface area contributed by atoms with E-state index in [1.54, 1.807) is 12.1 Å². The maximum absolute atomic E-state index is 10.3. The molecule has 0 fully saturated rings. The van der Waals surface area contributed by atoms with Gasteiger partial charge in [0.1, 0.15) is 18.1 Å². The van der Waals surface area contributed by atoms with Gasteiger partial charge < -0.3 is 4.74 Å². The second-order valence-corrected chi connectivity index (χ2v) is 2.19. The maximum atomic E-state index is 10.3. The summed E-state index contributed by atoms with van der Waals surface area (Å²) in [6.07, 6.45) is 0.695. The van der Waals surface area contributed by atoms with E-state index >= 15 is 0 Å². The largest absolute Gasteiger partial charge is 0.495 e. The van der Waals surface area contributed by atoms with Crippen LogP contribution >= 0.6 is 0 Å². The molecular weight excluding hydrogens is 154 g/mol. The summed E-state index contributed by atoms with van der Waals surface area (Å²) >= 11 is 0. The first-order chi connectivity index (χ1) is 5.81. The monoisotopic (exact) mass is 161 g/mol. The van der Waals surface area contributed by atoms with Crippen LogP contribution in [0.4, 0.5) is 0 Å². The van der Waals surface area contributed by atoms with Gasteiger partial charge in [-0.3, -0.25) is 4.79 Å². The lowest BCUT2D eigenvalue weighted by atomic mass is 10.1. The Balaban J connectivity index is 3.21. The minimum atomic E-state index is 0.377. The average Bonchev–Trinajstić information content (AvgIpc) is 2.16. The molecule has 0 unspecified atom stereocenters. The van der Waals surface area contributed by atoms with Gasteiger partial charge in [0.05, 0.1) is 12.7 Å². The third-order valence-corrected chi connectivity index (χ3v) is 1.48. The van der Waals surface area contributed by atoms with Crippen LogP contribution in [0.5, 0.6) is 5.75 Å². The molecule has 0 aromatic heterocycles. The molecule has 0 aliphatic carbocycles. The molecule has 0 spiro atoms. The number of carbonyl (C=O) groups is 1. The first-order valence-electron chi connectivity index (χ1n) is 3.35. The summed E-state index contributed by atoms with van der Waals surface area (Å²) in [5.41, 5.74) is 0.856. The van der Waals surface area contributed by atoms with Crippen molar-refractivity contribution in [1.82, 2.24) is 0 Å². The van der Waals surface area contributed by atoms with Gasteiger partial charge in [-0.05, 0) is 18.2 Å². The van der Waals surface area contributed by atoms with Crippen molar-refractivity contribution >= 4 is 6.29 Å². The fourth-order valence-electron chi connectivity index (χ4n) is 0.886. The molecule has 1 aromatic carbocycles. The standard InChI is InChI=1S/C9H7NO2/c1-12-9-3-2-7(6-11)4-8(9)5-10/h2-4,6H,1H3. The lowest BCUT2D eigenvalue weighted by Gasteiger charge is -2.01. The number of rotatable bonds is 2. The van der Waals surface area contributed by atoms with Crippen molar-refractivity contribution < 1.29 is 9.53 Å². The van der Waals surface area contributed by atoms with Gasteiger partial charge in [0.2, 0.25) is 0 Å². The van der Waals surface area contributed by atoms with Gasteiger partial charge in [0, 0.05) is 5.56 Å². The zero-order valence-corrected chi connectivity index (χ0v) is 6.57. The first kappa shape index (κ1) is 8.28. The molecule has 0 atom stereocenters. The van der Waals surface area contributed by atoms with Crippen molar-refractivity contribution in [2.45, 2.75) is 0 Å². The lowest BCUT2D eigenvalue weighted by Crippen LogP contribution is -1.89. The number of carbonyl (C=O) groups excluding carboxylic acids is 1. The van der Waals surface area contributed by atoms with Crippen LogP contribution in [-0.4, -0.2) is 13.4 Å². The van der Waals surface area contributed by atoms with E-state index in [4.69, 9.17) is 10.00 Å². The van der Waals surface area contributed by atoms with Crippen molar-refractivity contribution in [3.63, 3.8) is 0 Å². The van der Waals surface area contributed by atoms with Crippen LogP contribution in [0.1, 0.15) is 15.9 Å². The molecule has 1 aromatic rings. The highest BCUT2D eigenvalue weighted by molar-refractivity contribution is 5.76. The van der Waals surface area contributed by atoms with Crippen molar-refractivity contribution in [3.05, 3.63) is 29.3 Å². The van der Waals surface area contributed by atoms with Crippen LogP contribution < -0.4 is 4.74 Å². The minimum Gasteiger partial charge on any atom is -0.495 e. The van der Waals surface area contributed by atoms with E-state index in [0.29, 0.717) is 23.2 Å². The summed E-state index contributed by atoms with van der Waals surface area (Å²) in [5, 5.41) is 8.62. The van der Waals surface area contributed by atoms with E-state index in [0.717, 1.165) is 0 Å². The van der Waals surface area contributed by atoms with E-state index in [9.17, 15) is 4.79 Å². The molecule has 1 rings (SSSR count). The Bertz CT molecular complexity index is 339. The summed E-state index contributed by atoms with van der Waals surface area (Å²) in [7, 11) is 1.48. The second-order valence-electron chi connectivity index (χ2n) is 2.19. The zero-order chi connectivity index (χ0) is 8.97. The van der Waals surface area contributed by atoms with Crippen LogP contribution in [0.2, 0.25) is 0 Å². The summed E-state index contributed by atoms with van der Waals surface area (Å²) in [6, 6.07) is 6.63. The molecule has 0 bridgehead atoms. The Kier molecular flexibility index (Phi) is 2.44. The van der Waals surface area contributed by atoms with E-state index in [-0.39, 0.29) is 0 Å². The number of nitriles is 1. The van der Waals surface area contributed by atoms with Crippen molar-refractivity contribution in [2.75, 3.05) is 7.11 Å².